The Labute approximate surface area is 179 Å². The number of rotatable bonds is 6. The van der Waals surface area contributed by atoms with Crippen molar-refractivity contribution < 1.29 is 14.4 Å². The molecule has 1 aromatic carbocycles. The molecule has 0 spiro atoms. The fourth-order valence-corrected chi connectivity index (χ4v) is 4.24. The van der Waals surface area contributed by atoms with Crippen LogP contribution in [-0.2, 0) is 9.59 Å². The van der Waals surface area contributed by atoms with E-state index in [4.69, 9.17) is 0 Å². The first-order valence-electron chi connectivity index (χ1n) is 10.2. The van der Waals surface area contributed by atoms with Gasteiger partial charge in [-0.15, -0.1) is 5.10 Å². The van der Waals surface area contributed by atoms with Gasteiger partial charge >= 0.3 is 0 Å². The van der Waals surface area contributed by atoms with E-state index in [1.807, 2.05) is 26.0 Å². The quantitative estimate of drug-likeness (QED) is 0.617. The zero-order chi connectivity index (χ0) is 22.0. The van der Waals surface area contributed by atoms with E-state index in [0.29, 0.717) is 18.7 Å². The molecule has 0 bridgehead atoms. The molecule has 8 heteroatoms. The molecular weight excluding hydrogens is 394 g/mol. The molecule has 158 valence electrons. The summed E-state index contributed by atoms with van der Waals surface area (Å²) in [5.41, 5.74) is 3.69. The van der Waals surface area contributed by atoms with Gasteiger partial charge in [0.05, 0.1) is 18.1 Å². The number of carbonyl (C=O) groups is 3. The summed E-state index contributed by atoms with van der Waals surface area (Å²) in [7, 11) is 0. The van der Waals surface area contributed by atoms with Crippen LogP contribution in [0.4, 0.5) is 0 Å². The largest absolute Gasteiger partial charge is 0.351 e. The summed E-state index contributed by atoms with van der Waals surface area (Å²) >= 11 is 0. The minimum Gasteiger partial charge on any atom is -0.351 e. The average molecular weight is 417 g/mol. The molecule has 1 fully saturated rings. The van der Waals surface area contributed by atoms with Gasteiger partial charge in [-0.1, -0.05) is 11.3 Å². The molecule has 0 radical (unpaired) electrons. The SMILES string of the molecule is Cc1cc(-n2ccnn2)cc(C)c1C1C(=O)CC(CCNC(=O)c2ccccn2)C1=O. The number of carbonyl (C=O) groups excluding carboxylic acids is 3. The van der Waals surface area contributed by atoms with Crippen LogP contribution in [0.5, 0.6) is 0 Å². The Morgan fingerprint density at radius 1 is 1.16 bits per heavy atom. The van der Waals surface area contributed by atoms with Crippen LogP contribution in [-0.4, -0.2) is 44.0 Å². The predicted octanol–water partition coefficient (Wildman–Crippen LogP) is 2.34. The maximum atomic E-state index is 13.1. The highest BCUT2D eigenvalue weighted by molar-refractivity contribution is 6.15. The zero-order valence-corrected chi connectivity index (χ0v) is 17.4. The lowest BCUT2D eigenvalue weighted by molar-refractivity contribution is -0.124. The molecule has 2 atom stereocenters. The Kier molecular flexibility index (Phi) is 5.70. The predicted molar refractivity (Wildman–Crippen MR) is 113 cm³/mol. The molecule has 0 saturated heterocycles. The van der Waals surface area contributed by atoms with Gasteiger partial charge in [0, 0.05) is 25.1 Å². The lowest BCUT2D eigenvalue weighted by Crippen LogP contribution is -2.27. The van der Waals surface area contributed by atoms with Crippen molar-refractivity contribution in [3.8, 4) is 5.69 Å². The molecule has 1 aliphatic carbocycles. The number of amides is 1. The Bertz CT molecular complexity index is 1100. The molecule has 2 unspecified atom stereocenters. The van der Waals surface area contributed by atoms with E-state index in [2.05, 4.69) is 20.6 Å². The van der Waals surface area contributed by atoms with Gasteiger partial charge in [0.25, 0.3) is 5.91 Å². The van der Waals surface area contributed by atoms with E-state index in [-0.39, 0.29) is 23.9 Å². The second-order valence-corrected chi connectivity index (χ2v) is 7.80. The first-order chi connectivity index (χ1) is 15.0. The molecule has 1 aliphatic rings. The lowest BCUT2D eigenvalue weighted by Gasteiger charge is -2.17. The number of aryl methyl sites for hydroxylation is 2. The van der Waals surface area contributed by atoms with Gasteiger partial charge in [-0.25, -0.2) is 4.68 Å². The van der Waals surface area contributed by atoms with E-state index in [1.54, 1.807) is 41.5 Å². The van der Waals surface area contributed by atoms with Crippen LogP contribution < -0.4 is 5.32 Å². The monoisotopic (exact) mass is 417 g/mol. The molecular formula is C23H23N5O3. The third kappa shape index (κ3) is 4.14. The van der Waals surface area contributed by atoms with E-state index in [9.17, 15) is 14.4 Å². The van der Waals surface area contributed by atoms with Gasteiger partial charge in [0.2, 0.25) is 0 Å². The number of pyridine rings is 1. The first-order valence-corrected chi connectivity index (χ1v) is 10.2. The highest BCUT2D eigenvalue weighted by Gasteiger charge is 2.42. The average Bonchev–Trinajstić information content (AvgIpc) is 3.38. The van der Waals surface area contributed by atoms with Crippen LogP contribution in [0.25, 0.3) is 5.69 Å². The van der Waals surface area contributed by atoms with Crippen molar-refractivity contribution in [2.45, 2.75) is 32.6 Å². The van der Waals surface area contributed by atoms with Crippen LogP contribution in [0.1, 0.15) is 45.9 Å². The van der Waals surface area contributed by atoms with E-state index >= 15 is 0 Å². The van der Waals surface area contributed by atoms with E-state index in [0.717, 1.165) is 22.4 Å². The summed E-state index contributed by atoms with van der Waals surface area (Å²) in [6, 6.07) is 8.94. The van der Waals surface area contributed by atoms with Crippen molar-refractivity contribution >= 4 is 17.5 Å². The van der Waals surface area contributed by atoms with Crippen molar-refractivity contribution in [2.24, 2.45) is 5.92 Å². The number of Topliss-reactive ketones (excluding diaryl/α,β-unsaturated/α-hetero) is 2. The fraction of sp³-hybridized carbons (Fsp3) is 0.304. The normalized spacial score (nSPS) is 18.4. The molecule has 1 saturated carbocycles. The third-order valence-corrected chi connectivity index (χ3v) is 5.69. The summed E-state index contributed by atoms with van der Waals surface area (Å²) in [5, 5.41) is 10.6. The number of hydrogen-bond donors (Lipinski definition) is 1. The van der Waals surface area contributed by atoms with Gasteiger partial charge in [-0.3, -0.25) is 19.4 Å². The van der Waals surface area contributed by atoms with Gasteiger partial charge in [-0.05, 0) is 61.2 Å². The highest BCUT2D eigenvalue weighted by Crippen LogP contribution is 2.37. The smallest absolute Gasteiger partial charge is 0.269 e. The number of nitrogens with zero attached hydrogens (tertiary/aromatic N) is 4. The van der Waals surface area contributed by atoms with Crippen LogP contribution in [0.3, 0.4) is 0 Å². The topological polar surface area (TPSA) is 107 Å². The number of aromatic nitrogens is 4. The van der Waals surface area contributed by atoms with Crippen molar-refractivity contribution in [2.75, 3.05) is 6.54 Å². The van der Waals surface area contributed by atoms with Crippen LogP contribution in [0.2, 0.25) is 0 Å². The van der Waals surface area contributed by atoms with Crippen molar-refractivity contribution in [3.05, 3.63) is 71.3 Å². The summed E-state index contributed by atoms with van der Waals surface area (Å²) < 4.78 is 1.65. The van der Waals surface area contributed by atoms with Crippen LogP contribution in [0.15, 0.2) is 48.9 Å². The van der Waals surface area contributed by atoms with Gasteiger partial charge in [0.1, 0.15) is 17.4 Å². The molecule has 1 N–H and O–H groups in total. The number of benzene rings is 1. The summed E-state index contributed by atoms with van der Waals surface area (Å²) in [6.45, 7) is 4.13. The van der Waals surface area contributed by atoms with E-state index in [1.165, 1.54) is 0 Å². The van der Waals surface area contributed by atoms with Gasteiger partial charge < -0.3 is 5.32 Å². The Morgan fingerprint density at radius 3 is 2.58 bits per heavy atom. The molecule has 0 aliphatic heterocycles. The molecule has 31 heavy (non-hydrogen) atoms. The maximum absolute atomic E-state index is 13.1. The highest BCUT2D eigenvalue weighted by atomic mass is 16.2. The third-order valence-electron chi connectivity index (χ3n) is 5.69. The van der Waals surface area contributed by atoms with Crippen molar-refractivity contribution in [3.63, 3.8) is 0 Å². The number of hydrogen-bond acceptors (Lipinski definition) is 6. The Balaban J connectivity index is 1.45. The summed E-state index contributed by atoms with van der Waals surface area (Å²) in [5.74, 6) is -1.57. The maximum Gasteiger partial charge on any atom is 0.269 e. The Hall–Kier alpha value is -3.68. The first kappa shape index (κ1) is 20.6. The second-order valence-electron chi connectivity index (χ2n) is 7.80. The lowest BCUT2D eigenvalue weighted by atomic mass is 9.87. The summed E-state index contributed by atoms with van der Waals surface area (Å²) in [4.78, 5) is 42.0. The van der Waals surface area contributed by atoms with Gasteiger partial charge in [0.15, 0.2) is 5.78 Å². The Morgan fingerprint density at radius 2 is 1.94 bits per heavy atom. The molecule has 2 aromatic heterocycles. The minimum atomic E-state index is -0.749. The molecule has 8 nitrogen and oxygen atoms in total. The van der Waals surface area contributed by atoms with Crippen molar-refractivity contribution in [1.82, 2.24) is 25.3 Å². The second kappa shape index (κ2) is 8.59. The molecule has 2 heterocycles. The molecule has 1 amide bonds. The standard InChI is InChI=1S/C23H23N5O3/c1-14-11-17(28-10-9-26-27-28)12-15(2)20(14)21-19(29)13-16(22(21)30)6-8-25-23(31)18-5-3-4-7-24-18/h3-5,7,9-12,16,21H,6,8,13H2,1-2H3,(H,25,31). The van der Waals surface area contributed by atoms with E-state index < -0.39 is 11.8 Å². The van der Waals surface area contributed by atoms with Crippen LogP contribution in [0, 0.1) is 19.8 Å². The van der Waals surface area contributed by atoms with Crippen LogP contribution >= 0.6 is 0 Å². The fourth-order valence-electron chi connectivity index (χ4n) is 4.24. The van der Waals surface area contributed by atoms with Crippen molar-refractivity contribution in [1.29, 1.82) is 0 Å². The minimum absolute atomic E-state index is 0.0641. The van der Waals surface area contributed by atoms with Gasteiger partial charge in [-0.2, -0.15) is 0 Å². The number of ketones is 2. The number of nitrogens with one attached hydrogen (secondary N) is 1. The zero-order valence-electron chi connectivity index (χ0n) is 17.4. The summed E-state index contributed by atoms with van der Waals surface area (Å²) in [6.07, 6.45) is 5.52. The molecule has 3 aromatic rings. The molecule has 4 rings (SSSR count).